The van der Waals surface area contributed by atoms with Crippen LogP contribution in [0.3, 0.4) is 0 Å². The highest BCUT2D eigenvalue weighted by Crippen LogP contribution is 2.32. The number of hydrogen-bond donors (Lipinski definition) is 1. The Hall–Kier alpha value is -2.80. The molecule has 0 unspecified atom stereocenters. The first kappa shape index (κ1) is 16.7. The lowest BCUT2D eigenvalue weighted by molar-refractivity contribution is 0.244. The molecule has 26 heavy (non-hydrogen) atoms. The summed E-state index contributed by atoms with van der Waals surface area (Å²) in [5.74, 6) is 2.52. The predicted molar refractivity (Wildman–Crippen MR) is 100 cm³/mol. The van der Waals surface area contributed by atoms with Gasteiger partial charge in [-0.15, -0.1) is 0 Å². The Labute approximate surface area is 153 Å². The van der Waals surface area contributed by atoms with Crippen LogP contribution in [0.15, 0.2) is 43.0 Å². The summed E-state index contributed by atoms with van der Waals surface area (Å²) in [6.45, 7) is 3.89. The van der Waals surface area contributed by atoms with Gasteiger partial charge in [-0.3, -0.25) is 9.47 Å². The summed E-state index contributed by atoms with van der Waals surface area (Å²) in [5.41, 5.74) is 2.23. The highest BCUT2D eigenvalue weighted by Gasteiger charge is 2.27. The Morgan fingerprint density at radius 1 is 1.19 bits per heavy atom. The Bertz CT molecular complexity index is 872. The molecule has 7 heteroatoms. The lowest BCUT2D eigenvalue weighted by Gasteiger charge is -2.24. The van der Waals surface area contributed by atoms with Gasteiger partial charge in [0.2, 0.25) is 5.95 Å². The number of nitrogens with zero attached hydrogens (tertiary/aromatic N) is 6. The van der Waals surface area contributed by atoms with Gasteiger partial charge in [-0.05, 0) is 38.4 Å². The SMILES string of the molecule is CNc1ncc(CN2CCC[C@@H]2c2cccc(-n3ccnc3C)n2)cn1. The smallest absolute Gasteiger partial charge is 0.222 e. The fraction of sp³-hybridized carbons (Fsp3) is 0.368. The van der Waals surface area contributed by atoms with E-state index in [0.29, 0.717) is 12.0 Å². The molecule has 3 aromatic heterocycles. The number of aryl methyl sites for hydroxylation is 1. The molecule has 3 aromatic rings. The van der Waals surface area contributed by atoms with Crippen molar-refractivity contribution in [3.05, 3.63) is 60.1 Å². The van der Waals surface area contributed by atoms with Gasteiger partial charge in [0.15, 0.2) is 0 Å². The quantitative estimate of drug-likeness (QED) is 0.764. The van der Waals surface area contributed by atoms with Crippen molar-refractivity contribution < 1.29 is 0 Å². The normalized spacial score (nSPS) is 17.5. The summed E-state index contributed by atoms with van der Waals surface area (Å²) in [4.78, 5) is 20.3. The third-order valence-corrected chi connectivity index (χ3v) is 4.85. The second kappa shape index (κ2) is 7.21. The topological polar surface area (TPSA) is 71.8 Å². The monoisotopic (exact) mass is 349 g/mol. The van der Waals surface area contributed by atoms with E-state index in [0.717, 1.165) is 42.4 Å². The van der Waals surface area contributed by atoms with Crippen LogP contribution >= 0.6 is 0 Å². The van der Waals surface area contributed by atoms with E-state index in [1.807, 2.05) is 43.2 Å². The molecule has 0 aliphatic carbocycles. The van der Waals surface area contributed by atoms with Crippen molar-refractivity contribution in [1.29, 1.82) is 0 Å². The molecule has 0 aromatic carbocycles. The Kier molecular flexibility index (Phi) is 4.62. The number of imidazole rings is 1. The molecule has 1 aliphatic heterocycles. The van der Waals surface area contributed by atoms with Crippen molar-refractivity contribution in [1.82, 2.24) is 29.4 Å². The van der Waals surface area contributed by atoms with Crippen molar-refractivity contribution in [2.75, 3.05) is 18.9 Å². The van der Waals surface area contributed by atoms with Crippen LogP contribution in [0.5, 0.6) is 0 Å². The van der Waals surface area contributed by atoms with Crippen LogP contribution < -0.4 is 5.32 Å². The molecule has 0 spiro atoms. The van der Waals surface area contributed by atoms with E-state index in [1.54, 1.807) is 6.20 Å². The lowest BCUT2D eigenvalue weighted by Crippen LogP contribution is -2.24. The van der Waals surface area contributed by atoms with Crippen molar-refractivity contribution in [3.8, 4) is 5.82 Å². The number of nitrogens with one attached hydrogen (secondary N) is 1. The molecule has 4 rings (SSSR count). The second-order valence-corrected chi connectivity index (χ2v) is 6.56. The number of rotatable bonds is 5. The molecule has 0 amide bonds. The number of hydrogen-bond acceptors (Lipinski definition) is 6. The van der Waals surface area contributed by atoms with Crippen molar-refractivity contribution in [2.45, 2.75) is 32.4 Å². The number of aromatic nitrogens is 5. The fourth-order valence-electron chi connectivity index (χ4n) is 3.53. The molecule has 1 fully saturated rings. The summed E-state index contributed by atoms with van der Waals surface area (Å²) in [7, 11) is 1.83. The summed E-state index contributed by atoms with van der Waals surface area (Å²) < 4.78 is 2.02. The third-order valence-electron chi connectivity index (χ3n) is 4.85. The third kappa shape index (κ3) is 3.30. The zero-order valence-corrected chi connectivity index (χ0v) is 15.1. The minimum atomic E-state index is 0.322. The molecule has 1 N–H and O–H groups in total. The zero-order valence-electron chi connectivity index (χ0n) is 15.1. The van der Waals surface area contributed by atoms with Gasteiger partial charge in [0.25, 0.3) is 0 Å². The minimum Gasteiger partial charge on any atom is -0.357 e. The zero-order chi connectivity index (χ0) is 17.9. The van der Waals surface area contributed by atoms with Crippen LogP contribution in [0.2, 0.25) is 0 Å². The first-order chi connectivity index (χ1) is 12.7. The van der Waals surface area contributed by atoms with E-state index in [9.17, 15) is 0 Å². The Balaban J connectivity index is 1.55. The molecule has 4 heterocycles. The van der Waals surface area contributed by atoms with E-state index in [2.05, 4.69) is 37.3 Å². The largest absolute Gasteiger partial charge is 0.357 e. The molecular weight excluding hydrogens is 326 g/mol. The number of likely N-dealkylation sites (tertiary alicyclic amines) is 1. The van der Waals surface area contributed by atoms with Crippen molar-refractivity contribution >= 4 is 5.95 Å². The van der Waals surface area contributed by atoms with E-state index in [1.165, 1.54) is 6.42 Å². The van der Waals surface area contributed by atoms with Crippen LogP contribution in [0.4, 0.5) is 5.95 Å². The average molecular weight is 349 g/mol. The fourth-order valence-corrected chi connectivity index (χ4v) is 3.53. The standard InChI is InChI=1S/C19H23N7/c1-14-21-8-10-26(14)18-7-3-5-16(24-18)17-6-4-9-25(17)13-15-11-22-19(20-2)23-12-15/h3,5,7-8,10-12,17H,4,6,9,13H2,1-2H3,(H,20,22,23)/t17-/m1/s1. The highest BCUT2D eigenvalue weighted by atomic mass is 15.2. The molecule has 1 saturated heterocycles. The Morgan fingerprint density at radius 2 is 2.04 bits per heavy atom. The van der Waals surface area contributed by atoms with Gasteiger partial charge in [-0.1, -0.05) is 6.07 Å². The van der Waals surface area contributed by atoms with Crippen LogP contribution in [-0.4, -0.2) is 43.0 Å². The van der Waals surface area contributed by atoms with Gasteiger partial charge in [-0.2, -0.15) is 0 Å². The van der Waals surface area contributed by atoms with Crippen molar-refractivity contribution in [3.63, 3.8) is 0 Å². The van der Waals surface area contributed by atoms with Crippen molar-refractivity contribution in [2.24, 2.45) is 0 Å². The van der Waals surface area contributed by atoms with E-state index >= 15 is 0 Å². The van der Waals surface area contributed by atoms with E-state index in [-0.39, 0.29) is 0 Å². The molecule has 1 aliphatic rings. The summed E-state index contributed by atoms with van der Waals surface area (Å²) in [6.07, 6.45) is 9.85. The number of pyridine rings is 1. The maximum atomic E-state index is 4.92. The van der Waals surface area contributed by atoms with E-state index < -0.39 is 0 Å². The van der Waals surface area contributed by atoms with Gasteiger partial charge in [0.05, 0.1) is 11.7 Å². The van der Waals surface area contributed by atoms with Gasteiger partial charge in [0.1, 0.15) is 11.6 Å². The molecule has 7 nitrogen and oxygen atoms in total. The molecule has 1 atom stereocenters. The first-order valence-corrected chi connectivity index (χ1v) is 8.94. The van der Waals surface area contributed by atoms with Gasteiger partial charge in [-0.25, -0.2) is 19.9 Å². The van der Waals surface area contributed by atoms with Gasteiger partial charge >= 0.3 is 0 Å². The minimum absolute atomic E-state index is 0.322. The molecule has 0 radical (unpaired) electrons. The van der Waals surface area contributed by atoms with Gasteiger partial charge in [0, 0.05) is 43.9 Å². The lowest BCUT2D eigenvalue weighted by atomic mass is 10.1. The summed E-state index contributed by atoms with van der Waals surface area (Å²) in [5, 5.41) is 2.95. The van der Waals surface area contributed by atoms with Crippen LogP contribution in [0, 0.1) is 6.92 Å². The molecule has 134 valence electrons. The van der Waals surface area contributed by atoms with Crippen LogP contribution in [0.25, 0.3) is 5.82 Å². The summed E-state index contributed by atoms with van der Waals surface area (Å²) >= 11 is 0. The average Bonchev–Trinajstić information content (AvgIpc) is 3.31. The highest BCUT2D eigenvalue weighted by molar-refractivity contribution is 5.28. The molecule has 0 bridgehead atoms. The van der Waals surface area contributed by atoms with Crippen LogP contribution in [-0.2, 0) is 6.54 Å². The first-order valence-electron chi connectivity index (χ1n) is 8.94. The number of anilines is 1. The Morgan fingerprint density at radius 3 is 2.77 bits per heavy atom. The van der Waals surface area contributed by atoms with E-state index in [4.69, 9.17) is 4.98 Å². The molecular formula is C19H23N7. The predicted octanol–water partition coefficient (Wildman–Crippen LogP) is 2.74. The molecule has 0 saturated carbocycles. The summed E-state index contributed by atoms with van der Waals surface area (Å²) in [6, 6.07) is 6.56. The maximum absolute atomic E-state index is 4.92. The maximum Gasteiger partial charge on any atom is 0.222 e. The second-order valence-electron chi connectivity index (χ2n) is 6.56. The van der Waals surface area contributed by atoms with Gasteiger partial charge < -0.3 is 5.32 Å². The van der Waals surface area contributed by atoms with Crippen LogP contribution in [0.1, 0.15) is 36.0 Å².